The first-order valence-electron chi connectivity index (χ1n) is 5.85. The van der Waals surface area contributed by atoms with E-state index in [0.717, 1.165) is 30.7 Å². The highest BCUT2D eigenvalue weighted by atomic mass is 16.5. The monoisotopic (exact) mass is 221 g/mol. The molecule has 0 saturated carbocycles. The Morgan fingerprint density at radius 3 is 3.00 bits per heavy atom. The van der Waals surface area contributed by atoms with E-state index in [1.165, 1.54) is 6.42 Å². The van der Waals surface area contributed by atoms with Crippen molar-refractivity contribution in [2.24, 2.45) is 0 Å². The molecule has 1 aliphatic rings. The number of ether oxygens (including phenoxy) is 1. The quantitative estimate of drug-likeness (QED) is 0.815. The SMILES string of the molecule is COc1ccccc1C(O)CC1CCCN1. The van der Waals surface area contributed by atoms with Gasteiger partial charge in [0.1, 0.15) is 5.75 Å². The second kappa shape index (κ2) is 5.32. The number of hydrogen-bond donors (Lipinski definition) is 2. The first-order valence-corrected chi connectivity index (χ1v) is 5.85. The maximum atomic E-state index is 10.2. The fourth-order valence-electron chi connectivity index (χ4n) is 2.30. The van der Waals surface area contributed by atoms with Crippen molar-refractivity contribution in [3.05, 3.63) is 29.8 Å². The van der Waals surface area contributed by atoms with E-state index >= 15 is 0 Å². The number of hydrogen-bond acceptors (Lipinski definition) is 3. The van der Waals surface area contributed by atoms with Crippen LogP contribution in [-0.4, -0.2) is 24.8 Å². The normalized spacial score (nSPS) is 22.0. The van der Waals surface area contributed by atoms with Crippen molar-refractivity contribution in [1.82, 2.24) is 5.32 Å². The molecule has 1 aliphatic heterocycles. The van der Waals surface area contributed by atoms with Gasteiger partial charge in [-0.2, -0.15) is 0 Å². The highest BCUT2D eigenvalue weighted by molar-refractivity contribution is 5.35. The van der Waals surface area contributed by atoms with E-state index < -0.39 is 6.10 Å². The van der Waals surface area contributed by atoms with E-state index in [4.69, 9.17) is 4.74 Å². The van der Waals surface area contributed by atoms with Gasteiger partial charge in [-0.05, 0) is 31.9 Å². The van der Waals surface area contributed by atoms with E-state index in [2.05, 4.69) is 5.32 Å². The second-order valence-electron chi connectivity index (χ2n) is 4.29. The van der Waals surface area contributed by atoms with Crippen LogP contribution in [0.15, 0.2) is 24.3 Å². The number of nitrogens with one attached hydrogen (secondary N) is 1. The lowest BCUT2D eigenvalue weighted by Gasteiger charge is -2.18. The first-order chi connectivity index (χ1) is 7.81. The molecule has 3 nitrogen and oxygen atoms in total. The van der Waals surface area contributed by atoms with Crippen LogP contribution in [-0.2, 0) is 0 Å². The standard InChI is InChI=1S/C13H19NO2/c1-16-13-7-3-2-6-11(13)12(15)9-10-5-4-8-14-10/h2-3,6-7,10,12,14-15H,4-5,8-9H2,1H3. The van der Waals surface area contributed by atoms with Crippen LogP contribution in [0, 0.1) is 0 Å². The molecule has 16 heavy (non-hydrogen) atoms. The molecule has 2 unspecified atom stereocenters. The molecule has 2 atom stereocenters. The van der Waals surface area contributed by atoms with Crippen molar-refractivity contribution in [3.8, 4) is 5.75 Å². The Labute approximate surface area is 96.4 Å². The fraction of sp³-hybridized carbons (Fsp3) is 0.538. The highest BCUT2D eigenvalue weighted by Crippen LogP contribution is 2.29. The minimum absolute atomic E-state index is 0.438. The van der Waals surface area contributed by atoms with Gasteiger partial charge in [-0.1, -0.05) is 18.2 Å². The molecule has 1 fully saturated rings. The summed E-state index contributed by atoms with van der Waals surface area (Å²) in [5.74, 6) is 0.771. The largest absolute Gasteiger partial charge is 0.496 e. The van der Waals surface area contributed by atoms with Crippen molar-refractivity contribution in [3.63, 3.8) is 0 Å². The van der Waals surface area contributed by atoms with Crippen LogP contribution in [0.3, 0.4) is 0 Å². The molecule has 0 bridgehead atoms. The average Bonchev–Trinajstić information content (AvgIpc) is 2.81. The Balaban J connectivity index is 2.04. The number of rotatable bonds is 4. The van der Waals surface area contributed by atoms with Crippen LogP contribution >= 0.6 is 0 Å². The summed E-state index contributed by atoms with van der Waals surface area (Å²) < 4.78 is 5.25. The van der Waals surface area contributed by atoms with Crippen LogP contribution in [0.4, 0.5) is 0 Å². The summed E-state index contributed by atoms with van der Waals surface area (Å²) in [5, 5.41) is 13.6. The predicted molar refractivity (Wildman–Crippen MR) is 63.6 cm³/mol. The zero-order valence-electron chi connectivity index (χ0n) is 9.65. The van der Waals surface area contributed by atoms with Crippen molar-refractivity contribution in [2.45, 2.75) is 31.4 Å². The molecular formula is C13H19NO2. The average molecular weight is 221 g/mol. The second-order valence-corrected chi connectivity index (χ2v) is 4.29. The van der Waals surface area contributed by atoms with Crippen LogP contribution in [0.1, 0.15) is 30.9 Å². The number of para-hydroxylation sites is 1. The van der Waals surface area contributed by atoms with Gasteiger partial charge in [-0.15, -0.1) is 0 Å². The summed E-state index contributed by atoms with van der Waals surface area (Å²) in [5.41, 5.74) is 0.888. The maximum Gasteiger partial charge on any atom is 0.124 e. The molecule has 0 radical (unpaired) electrons. The lowest BCUT2D eigenvalue weighted by atomic mass is 10.0. The van der Waals surface area contributed by atoms with Gasteiger partial charge >= 0.3 is 0 Å². The Morgan fingerprint density at radius 1 is 1.50 bits per heavy atom. The summed E-state index contributed by atoms with van der Waals surface area (Å²) in [7, 11) is 1.64. The predicted octanol–water partition coefficient (Wildman–Crippen LogP) is 1.87. The number of benzene rings is 1. The third-order valence-corrected chi connectivity index (χ3v) is 3.17. The van der Waals surface area contributed by atoms with Crippen LogP contribution < -0.4 is 10.1 Å². The molecule has 0 aromatic heterocycles. The molecule has 0 amide bonds. The van der Waals surface area contributed by atoms with E-state index in [-0.39, 0.29) is 0 Å². The van der Waals surface area contributed by atoms with Gasteiger partial charge in [0.25, 0.3) is 0 Å². The molecular weight excluding hydrogens is 202 g/mol. The summed E-state index contributed by atoms with van der Waals surface area (Å²) in [4.78, 5) is 0. The van der Waals surface area contributed by atoms with Crippen molar-refractivity contribution >= 4 is 0 Å². The third-order valence-electron chi connectivity index (χ3n) is 3.17. The molecule has 1 aromatic carbocycles. The number of aliphatic hydroxyl groups excluding tert-OH is 1. The van der Waals surface area contributed by atoms with Gasteiger partial charge in [0.05, 0.1) is 13.2 Å². The number of methoxy groups -OCH3 is 1. The molecule has 88 valence electrons. The molecule has 0 aliphatic carbocycles. The Hall–Kier alpha value is -1.06. The van der Waals surface area contributed by atoms with Crippen LogP contribution in [0.5, 0.6) is 5.75 Å². The van der Waals surface area contributed by atoms with Gasteiger partial charge in [0.15, 0.2) is 0 Å². The summed E-state index contributed by atoms with van der Waals surface area (Å²) in [6.07, 6.45) is 2.70. The lowest BCUT2D eigenvalue weighted by Crippen LogP contribution is -2.23. The van der Waals surface area contributed by atoms with Gasteiger partial charge < -0.3 is 15.2 Å². The molecule has 1 aromatic rings. The Morgan fingerprint density at radius 2 is 2.31 bits per heavy atom. The van der Waals surface area contributed by atoms with Crippen LogP contribution in [0.25, 0.3) is 0 Å². The van der Waals surface area contributed by atoms with E-state index in [9.17, 15) is 5.11 Å². The minimum atomic E-state index is -0.438. The molecule has 1 saturated heterocycles. The van der Waals surface area contributed by atoms with Gasteiger partial charge in [-0.3, -0.25) is 0 Å². The van der Waals surface area contributed by atoms with Crippen LogP contribution in [0.2, 0.25) is 0 Å². The topological polar surface area (TPSA) is 41.5 Å². The van der Waals surface area contributed by atoms with Crippen molar-refractivity contribution in [2.75, 3.05) is 13.7 Å². The molecule has 1 heterocycles. The maximum absolute atomic E-state index is 10.2. The first kappa shape index (κ1) is 11.4. The third kappa shape index (κ3) is 2.54. The van der Waals surface area contributed by atoms with Crippen molar-refractivity contribution in [1.29, 1.82) is 0 Å². The van der Waals surface area contributed by atoms with E-state index in [1.54, 1.807) is 7.11 Å². The molecule has 2 rings (SSSR count). The van der Waals surface area contributed by atoms with Gasteiger partial charge in [0, 0.05) is 11.6 Å². The summed E-state index contributed by atoms with van der Waals surface area (Å²) >= 11 is 0. The van der Waals surface area contributed by atoms with Gasteiger partial charge in [-0.25, -0.2) is 0 Å². The highest BCUT2D eigenvalue weighted by Gasteiger charge is 2.20. The zero-order chi connectivity index (χ0) is 11.4. The number of aliphatic hydroxyl groups is 1. The van der Waals surface area contributed by atoms with Gasteiger partial charge in [0.2, 0.25) is 0 Å². The van der Waals surface area contributed by atoms with E-state index in [0.29, 0.717) is 6.04 Å². The molecule has 2 N–H and O–H groups in total. The Bertz CT molecular complexity index is 334. The zero-order valence-corrected chi connectivity index (χ0v) is 9.65. The minimum Gasteiger partial charge on any atom is -0.496 e. The fourth-order valence-corrected chi connectivity index (χ4v) is 2.30. The lowest BCUT2D eigenvalue weighted by molar-refractivity contribution is 0.151. The Kier molecular flexibility index (Phi) is 3.80. The van der Waals surface area contributed by atoms with E-state index in [1.807, 2.05) is 24.3 Å². The smallest absolute Gasteiger partial charge is 0.124 e. The van der Waals surface area contributed by atoms with Crippen molar-refractivity contribution < 1.29 is 9.84 Å². The summed E-state index contributed by atoms with van der Waals surface area (Å²) in [6, 6.07) is 8.12. The molecule has 0 spiro atoms. The molecule has 3 heteroatoms. The summed E-state index contributed by atoms with van der Waals surface area (Å²) in [6.45, 7) is 1.07.